The van der Waals surface area contributed by atoms with Crippen molar-refractivity contribution < 1.29 is 9.47 Å². The molecule has 3 rings (SSSR count). The predicted octanol–water partition coefficient (Wildman–Crippen LogP) is 5.67. The van der Waals surface area contributed by atoms with Crippen molar-refractivity contribution in [1.82, 2.24) is 0 Å². The Kier molecular flexibility index (Phi) is 5.82. The number of rotatable bonds is 6. The van der Waals surface area contributed by atoms with E-state index in [0.29, 0.717) is 17.7 Å². The number of thiocarbonyl (C=S) groups is 1. The van der Waals surface area contributed by atoms with E-state index in [0.717, 1.165) is 17.9 Å². The molecule has 2 aromatic carbocycles. The second-order valence-corrected chi connectivity index (χ2v) is 7.32. The maximum absolute atomic E-state index is 6.25. The monoisotopic (exact) mass is 369 g/mol. The van der Waals surface area contributed by atoms with Gasteiger partial charge in [0.1, 0.15) is 12.4 Å². The number of anilines is 1. The standard InChI is InChI=1S/C22H27NO2S/c1-5-16-11-15(3)21(12-14(16)2)25-13-19-18(17-9-10-17)7-6-8-20(19)23-22(26)24-4/h6-8,11-12,17H,5,9-10,13H2,1-4H3,(H,23,26). The normalized spacial score (nSPS) is 13.4. The molecular weight excluding hydrogens is 342 g/mol. The average Bonchev–Trinajstić information content (AvgIpc) is 3.47. The number of nitrogens with one attached hydrogen (secondary N) is 1. The Bertz CT molecular complexity index is 812. The van der Waals surface area contributed by atoms with Crippen LogP contribution >= 0.6 is 12.2 Å². The first-order chi connectivity index (χ1) is 12.5. The van der Waals surface area contributed by atoms with Crippen LogP contribution in [0.1, 0.15) is 53.5 Å². The van der Waals surface area contributed by atoms with Gasteiger partial charge in [-0.2, -0.15) is 0 Å². The van der Waals surface area contributed by atoms with Gasteiger partial charge in [-0.1, -0.05) is 25.1 Å². The third-order valence-electron chi connectivity index (χ3n) is 5.04. The van der Waals surface area contributed by atoms with E-state index in [1.165, 1.54) is 40.7 Å². The average molecular weight is 370 g/mol. The quantitative estimate of drug-likeness (QED) is 0.665. The van der Waals surface area contributed by atoms with Gasteiger partial charge in [0.05, 0.1) is 7.11 Å². The summed E-state index contributed by atoms with van der Waals surface area (Å²) in [7, 11) is 1.58. The van der Waals surface area contributed by atoms with Gasteiger partial charge in [-0.15, -0.1) is 0 Å². The van der Waals surface area contributed by atoms with Gasteiger partial charge in [0.25, 0.3) is 5.17 Å². The van der Waals surface area contributed by atoms with Crippen LogP contribution < -0.4 is 10.1 Å². The molecule has 1 fully saturated rings. The Hall–Kier alpha value is -2.07. The lowest BCUT2D eigenvalue weighted by Gasteiger charge is -2.18. The molecule has 0 atom stereocenters. The minimum absolute atomic E-state index is 0.374. The molecule has 0 heterocycles. The van der Waals surface area contributed by atoms with Crippen molar-refractivity contribution in [2.45, 2.75) is 52.6 Å². The Morgan fingerprint density at radius 2 is 1.96 bits per heavy atom. The second-order valence-electron chi connectivity index (χ2n) is 6.95. The molecule has 1 aliphatic carbocycles. The van der Waals surface area contributed by atoms with Gasteiger partial charge in [0.2, 0.25) is 0 Å². The third kappa shape index (κ3) is 4.18. The van der Waals surface area contributed by atoms with Gasteiger partial charge in [0, 0.05) is 11.3 Å². The molecule has 2 aromatic rings. The minimum atomic E-state index is 0.374. The predicted molar refractivity (Wildman–Crippen MR) is 111 cm³/mol. The van der Waals surface area contributed by atoms with Gasteiger partial charge in [-0.3, -0.25) is 0 Å². The van der Waals surface area contributed by atoms with E-state index >= 15 is 0 Å². The molecule has 0 spiro atoms. The molecule has 3 nitrogen and oxygen atoms in total. The summed E-state index contributed by atoms with van der Waals surface area (Å²) in [5.74, 6) is 1.59. The van der Waals surface area contributed by atoms with Gasteiger partial charge < -0.3 is 14.8 Å². The lowest BCUT2D eigenvalue weighted by atomic mass is 10.0. The van der Waals surface area contributed by atoms with E-state index in [1.807, 2.05) is 6.07 Å². The highest BCUT2D eigenvalue weighted by Gasteiger charge is 2.27. The van der Waals surface area contributed by atoms with E-state index < -0.39 is 0 Å². The molecule has 0 aliphatic heterocycles. The molecule has 1 N–H and O–H groups in total. The summed E-state index contributed by atoms with van der Waals surface area (Å²) < 4.78 is 11.4. The maximum Gasteiger partial charge on any atom is 0.260 e. The molecule has 26 heavy (non-hydrogen) atoms. The van der Waals surface area contributed by atoms with Crippen LogP contribution in [0.15, 0.2) is 30.3 Å². The Morgan fingerprint density at radius 1 is 1.19 bits per heavy atom. The first-order valence-electron chi connectivity index (χ1n) is 9.23. The van der Waals surface area contributed by atoms with Gasteiger partial charge in [-0.05, 0) is 85.6 Å². The van der Waals surface area contributed by atoms with Gasteiger partial charge >= 0.3 is 0 Å². The molecule has 138 valence electrons. The first kappa shape index (κ1) is 18.7. The van der Waals surface area contributed by atoms with Crippen LogP contribution in [0.3, 0.4) is 0 Å². The SMILES string of the molecule is CCc1cc(C)c(OCc2c(NC(=S)OC)cccc2C2CC2)cc1C. The summed E-state index contributed by atoms with van der Waals surface area (Å²) >= 11 is 5.19. The Morgan fingerprint density at radius 3 is 2.62 bits per heavy atom. The molecule has 1 aliphatic rings. The van der Waals surface area contributed by atoms with Crippen LogP contribution in [0.4, 0.5) is 5.69 Å². The molecule has 0 saturated heterocycles. The number of ether oxygens (including phenoxy) is 2. The van der Waals surface area contributed by atoms with Gasteiger partial charge in [0.15, 0.2) is 0 Å². The minimum Gasteiger partial charge on any atom is -0.489 e. The first-order valence-corrected chi connectivity index (χ1v) is 9.64. The van der Waals surface area contributed by atoms with E-state index in [1.54, 1.807) is 7.11 Å². The molecule has 0 unspecified atom stereocenters. The fourth-order valence-electron chi connectivity index (χ4n) is 3.36. The summed E-state index contributed by atoms with van der Waals surface area (Å²) in [5, 5.41) is 3.57. The highest BCUT2D eigenvalue weighted by molar-refractivity contribution is 7.80. The molecule has 0 aromatic heterocycles. The lowest BCUT2D eigenvalue weighted by molar-refractivity contribution is 0.303. The molecule has 0 amide bonds. The van der Waals surface area contributed by atoms with Crippen molar-refractivity contribution in [1.29, 1.82) is 0 Å². The second kappa shape index (κ2) is 8.09. The zero-order valence-electron chi connectivity index (χ0n) is 16.0. The molecule has 1 saturated carbocycles. The fourth-order valence-corrected chi connectivity index (χ4v) is 3.47. The number of benzene rings is 2. The van der Waals surface area contributed by atoms with Crippen LogP contribution in [0.25, 0.3) is 0 Å². The van der Waals surface area contributed by atoms with Crippen molar-refractivity contribution >= 4 is 23.1 Å². The van der Waals surface area contributed by atoms with E-state index in [2.05, 4.69) is 50.4 Å². The lowest BCUT2D eigenvalue weighted by Crippen LogP contribution is -2.14. The zero-order chi connectivity index (χ0) is 18.7. The number of hydrogen-bond donors (Lipinski definition) is 1. The smallest absolute Gasteiger partial charge is 0.260 e. The summed E-state index contributed by atoms with van der Waals surface area (Å²) in [6.07, 6.45) is 3.53. The molecule has 0 radical (unpaired) electrons. The largest absolute Gasteiger partial charge is 0.489 e. The Balaban J connectivity index is 1.87. The van der Waals surface area contributed by atoms with Crippen LogP contribution in [-0.4, -0.2) is 12.3 Å². The molecule has 4 heteroatoms. The van der Waals surface area contributed by atoms with Crippen molar-refractivity contribution in [3.63, 3.8) is 0 Å². The summed E-state index contributed by atoms with van der Waals surface area (Å²) in [4.78, 5) is 0. The number of hydrogen-bond acceptors (Lipinski definition) is 3. The zero-order valence-corrected chi connectivity index (χ0v) is 16.8. The van der Waals surface area contributed by atoms with Crippen molar-refractivity contribution in [2.75, 3.05) is 12.4 Å². The van der Waals surface area contributed by atoms with Crippen LogP contribution in [0.2, 0.25) is 0 Å². The fraction of sp³-hybridized carbons (Fsp3) is 0.409. The Labute approximate surface area is 161 Å². The maximum atomic E-state index is 6.25. The number of aryl methyl sites for hydroxylation is 3. The van der Waals surface area contributed by atoms with Crippen LogP contribution in [-0.2, 0) is 17.8 Å². The van der Waals surface area contributed by atoms with E-state index in [-0.39, 0.29) is 0 Å². The number of methoxy groups -OCH3 is 1. The third-order valence-corrected chi connectivity index (χ3v) is 5.31. The molecule has 0 bridgehead atoms. The topological polar surface area (TPSA) is 30.5 Å². The van der Waals surface area contributed by atoms with Crippen molar-refractivity contribution in [2.24, 2.45) is 0 Å². The summed E-state index contributed by atoms with van der Waals surface area (Å²) in [6, 6.07) is 10.7. The van der Waals surface area contributed by atoms with Crippen LogP contribution in [0.5, 0.6) is 5.75 Å². The summed E-state index contributed by atoms with van der Waals surface area (Å²) in [6.45, 7) is 6.96. The molecular formula is C22H27NO2S. The van der Waals surface area contributed by atoms with Crippen molar-refractivity contribution in [3.05, 3.63) is 58.1 Å². The van der Waals surface area contributed by atoms with E-state index in [4.69, 9.17) is 21.7 Å². The van der Waals surface area contributed by atoms with Gasteiger partial charge in [-0.25, -0.2) is 0 Å². The van der Waals surface area contributed by atoms with Crippen LogP contribution in [0, 0.1) is 13.8 Å². The van der Waals surface area contributed by atoms with Crippen molar-refractivity contribution in [3.8, 4) is 5.75 Å². The summed E-state index contributed by atoms with van der Waals surface area (Å²) in [5.41, 5.74) is 7.34. The highest BCUT2D eigenvalue weighted by atomic mass is 32.1. The van der Waals surface area contributed by atoms with E-state index in [9.17, 15) is 0 Å². The highest BCUT2D eigenvalue weighted by Crippen LogP contribution is 2.43.